The van der Waals surface area contributed by atoms with Gasteiger partial charge >= 0.3 is 0 Å². The van der Waals surface area contributed by atoms with Crippen LogP contribution in [0.15, 0.2) is 24.3 Å². The molecule has 0 aliphatic rings. The summed E-state index contributed by atoms with van der Waals surface area (Å²) < 4.78 is 13.0. The van der Waals surface area contributed by atoms with Gasteiger partial charge < -0.3 is 10.6 Å². The third-order valence-electron chi connectivity index (χ3n) is 3.30. The summed E-state index contributed by atoms with van der Waals surface area (Å²) in [6, 6.07) is 6.20. The van der Waals surface area contributed by atoms with E-state index < -0.39 is 0 Å². The molecule has 1 aromatic carbocycles. The van der Waals surface area contributed by atoms with Crippen molar-refractivity contribution in [3.8, 4) is 10.6 Å². The Morgan fingerprint density at radius 3 is 2.61 bits per heavy atom. The van der Waals surface area contributed by atoms with Crippen molar-refractivity contribution in [3.63, 3.8) is 0 Å². The number of halogens is 2. The molecule has 7 heteroatoms. The number of carbonyl (C=O) groups is 1. The van der Waals surface area contributed by atoms with Crippen LogP contribution in [0.25, 0.3) is 10.6 Å². The fourth-order valence-corrected chi connectivity index (χ4v) is 3.22. The van der Waals surface area contributed by atoms with E-state index >= 15 is 0 Å². The minimum absolute atomic E-state index is 0. The quantitative estimate of drug-likeness (QED) is 0.832. The first-order valence-electron chi connectivity index (χ1n) is 7.18. The second kappa shape index (κ2) is 8.96. The molecule has 23 heavy (non-hydrogen) atoms. The van der Waals surface area contributed by atoms with Gasteiger partial charge in [-0.15, -0.1) is 23.7 Å². The Kier molecular flexibility index (Phi) is 7.61. The number of amides is 1. The molecule has 0 spiro atoms. The van der Waals surface area contributed by atoms with Gasteiger partial charge in [0.05, 0.1) is 16.6 Å². The Bertz CT molecular complexity index is 645. The summed E-state index contributed by atoms with van der Waals surface area (Å²) in [6.07, 6.45) is 0.448. The van der Waals surface area contributed by atoms with Crippen LogP contribution in [0.1, 0.15) is 30.0 Å². The monoisotopic (exact) mass is 357 g/mol. The number of hydrogen-bond donors (Lipinski definition) is 2. The van der Waals surface area contributed by atoms with Crippen LogP contribution in [0.2, 0.25) is 0 Å². The van der Waals surface area contributed by atoms with Crippen LogP contribution in [0.3, 0.4) is 0 Å². The third kappa shape index (κ3) is 5.27. The molecular weight excluding hydrogens is 337 g/mol. The van der Waals surface area contributed by atoms with Crippen molar-refractivity contribution < 1.29 is 9.18 Å². The lowest BCUT2D eigenvalue weighted by molar-refractivity contribution is -0.121. The fourth-order valence-electron chi connectivity index (χ4n) is 2.14. The number of aryl methyl sites for hydroxylation is 1. The van der Waals surface area contributed by atoms with E-state index in [0.29, 0.717) is 13.0 Å². The number of thiazole rings is 1. The molecule has 2 N–H and O–H groups in total. The third-order valence-corrected chi connectivity index (χ3v) is 4.69. The van der Waals surface area contributed by atoms with Gasteiger partial charge in [0.25, 0.3) is 0 Å². The molecule has 0 fully saturated rings. The summed E-state index contributed by atoms with van der Waals surface area (Å²) in [4.78, 5) is 17.4. The van der Waals surface area contributed by atoms with Gasteiger partial charge in [0.15, 0.2) is 0 Å². The van der Waals surface area contributed by atoms with Gasteiger partial charge in [0.1, 0.15) is 10.8 Å². The number of rotatable bonds is 6. The largest absolute Gasteiger partial charge is 0.349 e. The lowest BCUT2D eigenvalue weighted by Crippen LogP contribution is -2.28. The van der Waals surface area contributed by atoms with Crippen molar-refractivity contribution >= 4 is 29.7 Å². The van der Waals surface area contributed by atoms with E-state index in [9.17, 15) is 9.18 Å². The Hall–Kier alpha value is -1.50. The lowest BCUT2D eigenvalue weighted by Gasteiger charge is -2.12. The molecule has 0 radical (unpaired) electrons. The Morgan fingerprint density at radius 2 is 2.00 bits per heavy atom. The maximum atomic E-state index is 13.0. The van der Waals surface area contributed by atoms with Gasteiger partial charge in [-0.2, -0.15) is 0 Å². The number of carbonyl (C=O) groups excluding carboxylic acids is 1. The average molecular weight is 358 g/mol. The minimum atomic E-state index is -0.262. The predicted molar refractivity (Wildman–Crippen MR) is 94.6 cm³/mol. The molecular formula is C16H21ClFN3OS. The summed E-state index contributed by atoms with van der Waals surface area (Å²) in [7, 11) is 1.82. The summed E-state index contributed by atoms with van der Waals surface area (Å²) in [6.45, 7) is 4.53. The first-order chi connectivity index (χ1) is 10.5. The molecule has 1 amide bonds. The summed E-state index contributed by atoms with van der Waals surface area (Å²) >= 11 is 1.53. The van der Waals surface area contributed by atoms with E-state index in [2.05, 4.69) is 15.6 Å². The number of benzene rings is 1. The molecule has 126 valence electrons. The van der Waals surface area contributed by atoms with Crippen LogP contribution in [0, 0.1) is 12.7 Å². The van der Waals surface area contributed by atoms with Crippen LogP contribution in [0.4, 0.5) is 4.39 Å². The second-order valence-electron chi connectivity index (χ2n) is 5.12. The summed E-state index contributed by atoms with van der Waals surface area (Å²) in [5.41, 5.74) is 1.78. The molecule has 1 aromatic heterocycles. The van der Waals surface area contributed by atoms with E-state index in [1.54, 1.807) is 12.1 Å². The molecule has 0 aliphatic heterocycles. The molecule has 1 unspecified atom stereocenters. The van der Waals surface area contributed by atoms with E-state index in [1.807, 2.05) is 20.9 Å². The normalized spacial score (nSPS) is 11.7. The van der Waals surface area contributed by atoms with E-state index in [0.717, 1.165) is 21.1 Å². The van der Waals surface area contributed by atoms with E-state index in [-0.39, 0.29) is 30.2 Å². The van der Waals surface area contributed by atoms with Crippen molar-refractivity contribution in [1.29, 1.82) is 0 Å². The van der Waals surface area contributed by atoms with Gasteiger partial charge in [-0.1, -0.05) is 0 Å². The molecule has 1 atom stereocenters. The molecule has 2 aromatic rings. The zero-order valence-electron chi connectivity index (χ0n) is 13.4. The van der Waals surface area contributed by atoms with Crippen LogP contribution >= 0.6 is 23.7 Å². The van der Waals surface area contributed by atoms with E-state index in [1.165, 1.54) is 23.5 Å². The predicted octanol–water partition coefficient (Wildman–Crippen LogP) is 3.47. The molecule has 4 nitrogen and oxygen atoms in total. The Morgan fingerprint density at radius 1 is 1.35 bits per heavy atom. The van der Waals surface area contributed by atoms with Gasteiger partial charge in [-0.3, -0.25) is 4.79 Å². The van der Waals surface area contributed by atoms with Crippen LogP contribution in [-0.2, 0) is 4.79 Å². The molecule has 0 saturated heterocycles. The molecule has 0 saturated carbocycles. The van der Waals surface area contributed by atoms with E-state index in [4.69, 9.17) is 0 Å². The second-order valence-corrected chi connectivity index (χ2v) is 6.15. The van der Waals surface area contributed by atoms with Gasteiger partial charge in [-0.05, 0) is 45.2 Å². The lowest BCUT2D eigenvalue weighted by atomic mass is 10.2. The smallest absolute Gasteiger partial charge is 0.221 e. The number of nitrogens with zero attached hydrogens (tertiary/aromatic N) is 1. The van der Waals surface area contributed by atoms with Crippen molar-refractivity contribution in [2.24, 2.45) is 0 Å². The molecule has 1 heterocycles. The highest BCUT2D eigenvalue weighted by Crippen LogP contribution is 2.31. The molecule has 0 bridgehead atoms. The summed E-state index contributed by atoms with van der Waals surface area (Å²) in [5, 5.41) is 6.77. The van der Waals surface area contributed by atoms with Gasteiger partial charge in [-0.25, -0.2) is 9.37 Å². The highest BCUT2D eigenvalue weighted by Gasteiger charge is 2.17. The maximum Gasteiger partial charge on any atom is 0.221 e. The average Bonchev–Trinajstić information content (AvgIpc) is 2.88. The standard InChI is InChI=1S/C16H20FN3OS.ClH/c1-10(19-14(21)8-9-18-3)15-11(2)20-16(22-15)12-4-6-13(17)7-5-12;/h4-7,10,18H,8-9H2,1-3H3,(H,19,21);1H. The number of aromatic nitrogens is 1. The highest BCUT2D eigenvalue weighted by atomic mass is 35.5. The number of nitrogens with one attached hydrogen (secondary N) is 2. The van der Waals surface area contributed by atoms with Crippen LogP contribution in [0.5, 0.6) is 0 Å². The summed E-state index contributed by atoms with van der Waals surface area (Å²) in [5.74, 6) is -0.250. The van der Waals surface area contributed by atoms with Crippen molar-refractivity contribution in [2.75, 3.05) is 13.6 Å². The van der Waals surface area contributed by atoms with Crippen LogP contribution < -0.4 is 10.6 Å². The van der Waals surface area contributed by atoms with Gasteiger partial charge in [0.2, 0.25) is 5.91 Å². The Labute approximate surface area is 145 Å². The molecule has 0 aliphatic carbocycles. The minimum Gasteiger partial charge on any atom is -0.349 e. The fraction of sp³-hybridized carbons (Fsp3) is 0.375. The highest BCUT2D eigenvalue weighted by molar-refractivity contribution is 7.15. The first kappa shape index (κ1) is 19.5. The zero-order chi connectivity index (χ0) is 16.1. The first-order valence-corrected chi connectivity index (χ1v) is 8.00. The SMILES string of the molecule is CNCCC(=O)NC(C)c1sc(-c2ccc(F)cc2)nc1C.Cl. The van der Waals surface area contributed by atoms with Crippen molar-refractivity contribution in [2.45, 2.75) is 26.3 Å². The van der Waals surface area contributed by atoms with Gasteiger partial charge in [0, 0.05) is 18.5 Å². The number of hydrogen-bond acceptors (Lipinski definition) is 4. The zero-order valence-corrected chi connectivity index (χ0v) is 15.0. The van der Waals surface area contributed by atoms with Crippen LogP contribution in [-0.4, -0.2) is 24.5 Å². The maximum absolute atomic E-state index is 13.0. The van der Waals surface area contributed by atoms with Crippen molar-refractivity contribution in [1.82, 2.24) is 15.6 Å². The Balaban J connectivity index is 0.00000264. The molecule has 2 rings (SSSR count). The topological polar surface area (TPSA) is 54.0 Å². The van der Waals surface area contributed by atoms with Crippen molar-refractivity contribution in [3.05, 3.63) is 40.7 Å².